The minimum Gasteiger partial charge on any atom is -0.493 e. The van der Waals surface area contributed by atoms with Crippen LogP contribution in [0.3, 0.4) is 0 Å². The van der Waals surface area contributed by atoms with Crippen molar-refractivity contribution in [1.29, 1.82) is 5.26 Å². The highest BCUT2D eigenvalue weighted by Gasteiger charge is 2.38. The van der Waals surface area contributed by atoms with Crippen LogP contribution >= 0.6 is 11.6 Å². The Balaban J connectivity index is 1.40. The molecule has 7 nitrogen and oxygen atoms in total. The third kappa shape index (κ3) is 5.88. The Kier molecular flexibility index (Phi) is 8.35. The van der Waals surface area contributed by atoms with Gasteiger partial charge in [-0.15, -0.1) is 0 Å². The van der Waals surface area contributed by atoms with Crippen LogP contribution in [0.5, 0.6) is 5.75 Å². The van der Waals surface area contributed by atoms with E-state index in [4.69, 9.17) is 21.3 Å². The number of rotatable bonds is 8. The number of amides is 1. The molecule has 0 spiro atoms. The fourth-order valence-electron chi connectivity index (χ4n) is 5.72. The first-order chi connectivity index (χ1) is 19.0. The van der Waals surface area contributed by atoms with Gasteiger partial charge in [0.1, 0.15) is 11.8 Å². The number of benzene rings is 2. The summed E-state index contributed by atoms with van der Waals surface area (Å²) in [6.07, 6.45) is 4.47. The largest absolute Gasteiger partial charge is 0.493 e. The van der Waals surface area contributed by atoms with E-state index in [1.165, 1.54) is 0 Å². The zero-order valence-electron chi connectivity index (χ0n) is 22.3. The molecule has 0 radical (unpaired) electrons. The average molecular weight is 544 g/mol. The van der Waals surface area contributed by atoms with Gasteiger partial charge in [-0.1, -0.05) is 29.8 Å². The van der Waals surface area contributed by atoms with E-state index in [1.54, 1.807) is 6.07 Å². The Hall–Kier alpha value is -3.60. The molecule has 1 atom stereocenters. The molecule has 0 saturated carbocycles. The Morgan fingerprint density at radius 2 is 2.05 bits per heavy atom. The van der Waals surface area contributed by atoms with E-state index >= 15 is 0 Å². The summed E-state index contributed by atoms with van der Waals surface area (Å²) in [6.45, 7) is 6.25. The lowest BCUT2D eigenvalue weighted by Gasteiger charge is -2.43. The summed E-state index contributed by atoms with van der Waals surface area (Å²) in [5.41, 5.74) is 4.15. The van der Waals surface area contributed by atoms with Gasteiger partial charge < -0.3 is 20.3 Å². The molecule has 0 unspecified atom stereocenters. The van der Waals surface area contributed by atoms with E-state index in [0.29, 0.717) is 23.7 Å². The Labute approximate surface area is 235 Å². The van der Waals surface area contributed by atoms with Crippen LogP contribution in [-0.4, -0.2) is 50.2 Å². The Bertz CT molecular complexity index is 1340. The predicted octanol–water partition coefficient (Wildman–Crippen LogP) is 4.94. The lowest BCUT2D eigenvalue weighted by Crippen LogP contribution is -2.50. The van der Waals surface area contributed by atoms with Gasteiger partial charge in [0.15, 0.2) is 0 Å². The summed E-state index contributed by atoms with van der Waals surface area (Å²) < 4.78 is 5.82. The van der Waals surface area contributed by atoms with Gasteiger partial charge in [-0.2, -0.15) is 5.26 Å². The number of carbonyl (C=O) groups excluding carboxylic acids is 1. The zero-order valence-corrected chi connectivity index (χ0v) is 23.0. The quantitative estimate of drug-likeness (QED) is 0.418. The monoisotopic (exact) mass is 543 g/mol. The smallest absolute Gasteiger partial charge is 0.224 e. The third-order valence-corrected chi connectivity index (χ3v) is 8.25. The first kappa shape index (κ1) is 27.0. The van der Waals surface area contributed by atoms with Crippen molar-refractivity contribution in [3.05, 3.63) is 76.9 Å². The van der Waals surface area contributed by atoms with Crippen molar-refractivity contribution in [1.82, 2.24) is 15.6 Å². The van der Waals surface area contributed by atoms with E-state index in [-0.39, 0.29) is 17.2 Å². The molecule has 2 aliphatic rings. The van der Waals surface area contributed by atoms with Crippen LogP contribution in [0.4, 0.5) is 5.69 Å². The highest BCUT2D eigenvalue weighted by Crippen LogP contribution is 2.38. The van der Waals surface area contributed by atoms with E-state index in [2.05, 4.69) is 33.7 Å². The molecule has 1 amide bonds. The minimum atomic E-state index is -0.262. The molecule has 1 aromatic heterocycles. The number of nitrogens with one attached hydrogen (secondary N) is 2. The van der Waals surface area contributed by atoms with E-state index in [1.807, 2.05) is 49.5 Å². The SMILES string of the molecule is CCOc1ccccc1-c1ccc(C2(CNC(=O)[C@H]3CCNC3)CCN(c3ccc(Cl)cc3C#N)CC2)cn1. The number of pyridine rings is 1. The molecule has 2 aliphatic heterocycles. The summed E-state index contributed by atoms with van der Waals surface area (Å²) in [4.78, 5) is 20.1. The van der Waals surface area contributed by atoms with E-state index in [0.717, 1.165) is 73.7 Å². The number of anilines is 1. The van der Waals surface area contributed by atoms with Crippen molar-refractivity contribution in [2.45, 2.75) is 31.6 Å². The van der Waals surface area contributed by atoms with Crippen molar-refractivity contribution in [2.24, 2.45) is 5.92 Å². The number of para-hydroxylation sites is 1. The molecule has 3 aromatic rings. The summed E-state index contributed by atoms with van der Waals surface area (Å²) in [7, 11) is 0. The van der Waals surface area contributed by atoms with Crippen molar-refractivity contribution >= 4 is 23.2 Å². The van der Waals surface area contributed by atoms with Gasteiger partial charge in [-0.05, 0) is 74.7 Å². The van der Waals surface area contributed by atoms with Crippen LogP contribution < -0.4 is 20.3 Å². The highest BCUT2D eigenvalue weighted by molar-refractivity contribution is 6.30. The number of carbonyl (C=O) groups is 1. The maximum Gasteiger partial charge on any atom is 0.224 e. The first-order valence-corrected chi connectivity index (χ1v) is 14.0. The van der Waals surface area contributed by atoms with E-state index < -0.39 is 0 Å². The molecule has 5 rings (SSSR count). The molecule has 2 fully saturated rings. The number of halogens is 1. The second-order valence-electron chi connectivity index (χ2n) is 10.3. The summed E-state index contributed by atoms with van der Waals surface area (Å²) >= 11 is 6.14. The molecule has 202 valence electrons. The first-order valence-electron chi connectivity index (χ1n) is 13.6. The van der Waals surface area contributed by atoms with Gasteiger partial charge in [-0.25, -0.2) is 0 Å². The number of nitriles is 1. The summed E-state index contributed by atoms with van der Waals surface area (Å²) in [6, 6.07) is 19.9. The third-order valence-electron chi connectivity index (χ3n) is 8.01. The van der Waals surface area contributed by atoms with Crippen LogP contribution in [0.2, 0.25) is 5.02 Å². The molecule has 39 heavy (non-hydrogen) atoms. The van der Waals surface area contributed by atoms with Crippen molar-refractivity contribution in [2.75, 3.05) is 44.2 Å². The second kappa shape index (κ2) is 12.1. The fourth-order valence-corrected chi connectivity index (χ4v) is 5.89. The maximum atomic E-state index is 13.0. The Morgan fingerprint density at radius 3 is 2.74 bits per heavy atom. The summed E-state index contributed by atoms with van der Waals surface area (Å²) in [5.74, 6) is 0.948. The number of hydrogen-bond donors (Lipinski definition) is 2. The lowest BCUT2D eigenvalue weighted by atomic mass is 9.73. The highest BCUT2D eigenvalue weighted by atomic mass is 35.5. The van der Waals surface area contributed by atoms with Crippen LogP contribution in [0.1, 0.15) is 37.3 Å². The van der Waals surface area contributed by atoms with Gasteiger partial charge in [0.25, 0.3) is 0 Å². The van der Waals surface area contributed by atoms with Crippen LogP contribution in [-0.2, 0) is 10.2 Å². The number of aromatic nitrogens is 1. The van der Waals surface area contributed by atoms with Crippen molar-refractivity contribution < 1.29 is 9.53 Å². The van der Waals surface area contributed by atoms with Gasteiger partial charge in [0.05, 0.1) is 29.5 Å². The van der Waals surface area contributed by atoms with E-state index in [9.17, 15) is 10.1 Å². The lowest BCUT2D eigenvalue weighted by molar-refractivity contribution is -0.124. The normalized spacial score (nSPS) is 18.4. The average Bonchev–Trinajstić information content (AvgIpc) is 3.52. The van der Waals surface area contributed by atoms with Gasteiger partial charge >= 0.3 is 0 Å². The molecule has 2 N–H and O–H groups in total. The molecule has 0 aliphatic carbocycles. The number of hydrogen-bond acceptors (Lipinski definition) is 6. The van der Waals surface area contributed by atoms with Crippen molar-refractivity contribution in [3.63, 3.8) is 0 Å². The van der Waals surface area contributed by atoms with Gasteiger partial charge in [0.2, 0.25) is 5.91 Å². The molecular formula is C31H34ClN5O2. The molecule has 2 saturated heterocycles. The van der Waals surface area contributed by atoms with Crippen LogP contribution in [0, 0.1) is 17.2 Å². The molecule has 2 aromatic carbocycles. The zero-order chi connectivity index (χ0) is 27.2. The van der Waals surface area contributed by atoms with Crippen LogP contribution in [0.25, 0.3) is 11.3 Å². The predicted molar refractivity (Wildman–Crippen MR) is 154 cm³/mol. The Morgan fingerprint density at radius 1 is 1.23 bits per heavy atom. The summed E-state index contributed by atoms with van der Waals surface area (Å²) in [5, 5.41) is 16.8. The minimum absolute atomic E-state index is 0.0185. The maximum absolute atomic E-state index is 13.0. The number of nitrogens with zero attached hydrogens (tertiary/aromatic N) is 3. The standard InChI is InChI=1S/C31H34ClN5O2/c1-2-39-29-6-4-3-5-26(29)27-9-7-24(20-35-27)31(21-36-30(38)22-11-14-34-19-22)12-15-37(16-13-31)28-10-8-25(32)17-23(28)18-33/h3-10,17,20,22,34H,2,11-16,19,21H2,1H3,(H,36,38)/t22-/m0/s1. The fraction of sp³-hybridized carbons (Fsp3) is 0.387. The van der Waals surface area contributed by atoms with Crippen LogP contribution in [0.15, 0.2) is 60.8 Å². The van der Waals surface area contributed by atoms with Gasteiger partial charge in [-0.3, -0.25) is 9.78 Å². The van der Waals surface area contributed by atoms with Crippen molar-refractivity contribution in [3.8, 4) is 23.1 Å². The molecule has 0 bridgehead atoms. The second-order valence-corrected chi connectivity index (χ2v) is 10.7. The topological polar surface area (TPSA) is 90.3 Å². The molecule has 8 heteroatoms. The molecular weight excluding hydrogens is 510 g/mol. The number of piperidine rings is 1. The number of ether oxygens (including phenoxy) is 1. The molecule has 3 heterocycles. The van der Waals surface area contributed by atoms with Gasteiger partial charge in [0, 0.05) is 48.4 Å².